The lowest BCUT2D eigenvalue weighted by atomic mass is 10.1. The van der Waals surface area contributed by atoms with Crippen LogP contribution >= 0.6 is 0 Å². The fraction of sp³-hybridized carbons (Fsp3) is 0.615. The number of carbonyl (C=O) groups is 3. The molecule has 0 spiro atoms. The molecule has 0 bridgehead atoms. The Morgan fingerprint density at radius 2 is 1.43 bits per heavy atom. The van der Waals surface area contributed by atoms with E-state index in [2.05, 4.69) is 46.0 Å². The van der Waals surface area contributed by atoms with Gasteiger partial charge < -0.3 is 25.0 Å². The van der Waals surface area contributed by atoms with Crippen LogP contribution in [0.15, 0.2) is 36.4 Å². The summed E-state index contributed by atoms with van der Waals surface area (Å²) in [5, 5.41) is 12.1. The Bertz CT molecular complexity index is 1060. The molecular formula is C39H69N3O5. The molecule has 0 aliphatic carbocycles. The van der Waals surface area contributed by atoms with Gasteiger partial charge in [-0.25, -0.2) is 4.79 Å². The van der Waals surface area contributed by atoms with Gasteiger partial charge in [0.25, 0.3) is 0 Å². The molecule has 0 saturated carbocycles. The van der Waals surface area contributed by atoms with Gasteiger partial charge in [0.2, 0.25) is 12.3 Å². The zero-order valence-electron chi connectivity index (χ0n) is 32.2. The molecule has 8 nitrogen and oxygen atoms in total. The van der Waals surface area contributed by atoms with Gasteiger partial charge in [0, 0.05) is 38.8 Å². The Labute approximate surface area is 288 Å². The smallest absolute Gasteiger partial charge is 0.409 e. The highest BCUT2D eigenvalue weighted by atomic mass is 16.6. The van der Waals surface area contributed by atoms with E-state index in [0.717, 1.165) is 81.5 Å². The highest BCUT2D eigenvalue weighted by Gasteiger charge is 2.12. The lowest BCUT2D eigenvalue weighted by Gasteiger charge is -2.20. The quantitative estimate of drug-likeness (QED) is 0.209. The number of hydrogen-bond acceptors (Lipinski definition) is 5. The van der Waals surface area contributed by atoms with E-state index in [9.17, 15) is 19.5 Å². The number of ether oxygens (including phenoxy) is 1. The molecule has 2 aromatic rings. The van der Waals surface area contributed by atoms with Crippen molar-refractivity contribution in [1.82, 2.24) is 9.80 Å². The van der Waals surface area contributed by atoms with E-state index in [1.54, 1.807) is 9.80 Å². The number of rotatable bonds is 13. The number of aromatic hydroxyl groups is 1. The number of phenols is 1. The normalized spacial score (nSPS) is 9.49. The number of carbonyl (C=O) groups excluding carboxylic acids is 3. The first kappa shape index (κ1) is 47.9. The molecule has 8 heteroatoms. The van der Waals surface area contributed by atoms with Crippen LogP contribution in [-0.4, -0.2) is 66.1 Å². The third-order valence-electron chi connectivity index (χ3n) is 6.54. The van der Waals surface area contributed by atoms with Gasteiger partial charge in [0.1, 0.15) is 5.75 Å². The molecule has 47 heavy (non-hydrogen) atoms. The number of phenolic OH excluding ortho intramolecular Hbond substituents is 1. The van der Waals surface area contributed by atoms with Crippen molar-refractivity contribution in [3.63, 3.8) is 0 Å². The van der Waals surface area contributed by atoms with Gasteiger partial charge in [-0.15, -0.1) is 0 Å². The van der Waals surface area contributed by atoms with E-state index in [1.165, 1.54) is 18.1 Å². The van der Waals surface area contributed by atoms with Crippen molar-refractivity contribution in [2.45, 2.75) is 122 Å². The maximum absolute atomic E-state index is 11.3. The maximum Gasteiger partial charge on any atom is 0.409 e. The lowest BCUT2D eigenvalue weighted by molar-refractivity contribution is -0.118. The zero-order chi connectivity index (χ0) is 36.8. The molecule has 0 aromatic heterocycles. The van der Waals surface area contributed by atoms with Crippen molar-refractivity contribution in [2.24, 2.45) is 5.92 Å². The van der Waals surface area contributed by atoms with Crippen LogP contribution in [0.2, 0.25) is 0 Å². The van der Waals surface area contributed by atoms with Crippen molar-refractivity contribution in [3.05, 3.63) is 58.7 Å². The average Bonchev–Trinajstić information content (AvgIpc) is 3.03. The van der Waals surface area contributed by atoms with Gasteiger partial charge in [-0.3, -0.25) is 9.59 Å². The minimum atomic E-state index is -0.189. The fourth-order valence-electron chi connectivity index (χ4n) is 4.29. The lowest BCUT2D eigenvalue weighted by Crippen LogP contribution is -2.32. The molecule has 2 aromatic carbocycles. The summed E-state index contributed by atoms with van der Waals surface area (Å²) in [6, 6.07) is 11.9. The van der Waals surface area contributed by atoms with Crippen LogP contribution in [-0.2, 0) is 20.7 Å². The fourth-order valence-corrected chi connectivity index (χ4v) is 4.29. The summed E-state index contributed by atoms with van der Waals surface area (Å²) in [5.41, 5.74) is 5.26. The molecular weight excluding hydrogens is 590 g/mol. The van der Waals surface area contributed by atoms with Crippen molar-refractivity contribution in [2.75, 3.05) is 38.1 Å². The third-order valence-corrected chi connectivity index (χ3v) is 6.54. The molecule has 0 saturated heterocycles. The van der Waals surface area contributed by atoms with Crippen LogP contribution in [0.3, 0.4) is 0 Å². The van der Waals surface area contributed by atoms with Gasteiger partial charge in [0.15, 0.2) is 0 Å². The van der Waals surface area contributed by atoms with E-state index < -0.39 is 0 Å². The van der Waals surface area contributed by atoms with E-state index in [4.69, 9.17) is 4.74 Å². The highest BCUT2D eigenvalue weighted by Crippen LogP contribution is 2.22. The van der Waals surface area contributed by atoms with E-state index >= 15 is 0 Å². The standard InChI is InChI=1S/C11H15NO.C10H21NO2.C9H12O.C7H15NO.C2H6/c1-3-6-10-7-4-5-8-11(10)12-9(2)13;1-5-11(8-7-9(3)4)10(12)13-6-2;1-6-4-7(2)9(10)8(3)5-6;1-3-5-8(7-9)6-4-2;1-2/h4-5,7-8H,3,6H2,1-2H3,(H,12,13);9H,5-8H2,1-4H3;4-5,10H,1-3H3;7H,3-6H2,1-2H3;1-2H3. The van der Waals surface area contributed by atoms with E-state index in [-0.39, 0.29) is 12.0 Å². The molecule has 0 heterocycles. The van der Waals surface area contributed by atoms with Gasteiger partial charge in [-0.1, -0.05) is 90.8 Å². The van der Waals surface area contributed by atoms with E-state index in [1.807, 2.05) is 78.8 Å². The molecule has 0 unspecified atom stereocenters. The summed E-state index contributed by atoms with van der Waals surface area (Å²) in [6.45, 7) is 29.5. The Kier molecular flexibility index (Phi) is 31.6. The van der Waals surface area contributed by atoms with Crippen molar-refractivity contribution in [3.8, 4) is 5.75 Å². The summed E-state index contributed by atoms with van der Waals surface area (Å²) in [5.74, 6) is 1.04. The predicted molar refractivity (Wildman–Crippen MR) is 200 cm³/mol. The molecule has 2 N–H and O–H groups in total. The summed E-state index contributed by atoms with van der Waals surface area (Å²) >= 11 is 0. The number of aryl methyl sites for hydroxylation is 4. The van der Waals surface area contributed by atoms with Crippen LogP contribution in [0.25, 0.3) is 0 Å². The molecule has 0 atom stereocenters. The Morgan fingerprint density at radius 3 is 1.83 bits per heavy atom. The molecule has 0 aliphatic heterocycles. The third kappa shape index (κ3) is 25.2. The van der Waals surface area contributed by atoms with Crippen molar-refractivity contribution in [1.29, 1.82) is 0 Å². The minimum absolute atomic E-state index is 0.0106. The Balaban J connectivity index is -0.000000545. The highest BCUT2D eigenvalue weighted by molar-refractivity contribution is 5.89. The molecule has 0 radical (unpaired) electrons. The van der Waals surface area contributed by atoms with Crippen LogP contribution < -0.4 is 5.32 Å². The second-order valence-corrected chi connectivity index (χ2v) is 11.4. The largest absolute Gasteiger partial charge is 0.507 e. The van der Waals surface area contributed by atoms with Crippen LogP contribution in [0, 0.1) is 26.7 Å². The van der Waals surface area contributed by atoms with Crippen LogP contribution in [0.1, 0.15) is 117 Å². The van der Waals surface area contributed by atoms with Crippen LogP contribution in [0.5, 0.6) is 5.75 Å². The molecule has 2 rings (SSSR count). The number of nitrogens with one attached hydrogen (secondary N) is 1. The Morgan fingerprint density at radius 1 is 0.894 bits per heavy atom. The summed E-state index contributed by atoms with van der Waals surface area (Å²) < 4.78 is 4.91. The topological polar surface area (TPSA) is 99.2 Å². The number of hydrogen-bond donors (Lipinski definition) is 2. The monoisotopic (exact) mass is 660 g/mol. The number of amides is 3. The first-order valence-corrected chi connectivity index (χ1v) is 17.5. The average molecular weight is 660 g/mol. The number of anilines is 1. The van der Waals surface area contributed by atoms with Gasteiger partial charge in [-0.2, -0.15) is 0 Å². The number of para-hydroxylation sites is 1. The van der Waals surface area contributed by atoms with Crippen LogP contribution in [0.4, 0.5) is 10.5 Å². The van der Waals surface area contributed by atoms with Gasteiger partial charge >= 0.3 is 6.09 Å². The minimum Gasteiger partial charge on any atom is -0.507 e. The molecule has 0 fully saturated rings. The zero-order valence-corrected chi connectivity index (χ0v) is 32.2. The molecule has 3 amide bonds. The first-order valence-electron chi connectivity index (χ1n) is 17.5. The molecule has 0 aliphatic rings. The summed E-state index contributed by atoms with van der Waals surface area (Å²) in [6.07, 6.45) is 5.98. The predicted octanol–water partition coefficient (Wildman–Crippen LogP) is 9.72. The molecule has 270 valence electrons. The summed E-state index contributed by atoms with van der Waals surface area (Å²) in [7, 11) is 0. The SMILES string of the molecule is CC.CCCN(C=O)CCC.CCCc1ccccc1NC(C)=O.CCOC(=O)N(CC)CCC(C)C.Cc1cc(C)c(O)c(C)c1. The second kappa shape index (κ2) is 31.1. The maximum atomic E-state index is 11.3. The number of benzene rings is 2. The first-order chi connectivity index (χ1) is 22.3. The van der Waals surface area contributed by atoms with Crippen molar-refractivity contribution < 1.29 is 24.2 Å². The second-order valence-electron chi connectivity index (χ2n) is 11.4. The Hall–Kier alpha value is -3.55. The summed E-state index contributed by atoms with van der Waals surface area (Å²) in [4.78, 5) is 35.9. The van der Waals surface area contributed by atoms with Gasteiger partial charge in [0.05, 0.1) is 6.61 Å². The van der Waals surface area contributed by atoms with E-state index in [0.29, 0.717) is 18.3 Å². The van der Waals surface area contributed by atoms with Crippen molar-refractivity contribution >= 4 is 24.1 Å². The van der Waals surface area contributed by atoms with Gasteiger partial charge in [-0.05, 0) is 89.0 Å². The number of nitrogens with zero attached hydrogens (tertiary/aromatic N) is 2.